The fourth-order valence-corrected chi connectivity index (χ4v) is 3.11. The highest BCUT2D eigenvalue weighted by Gasteiger charge is 2.14. The molecule has 0 heterocycles. The summed E-state index contributed by atoms with van der Waals surface area (Å²) >= 11 is 0. The molecule has 0 fully saturated rings. The SMILES string of the molecule is C#Cc1ccc(OC)c(N(CC)CCCS(=O)(=O)OCC)c1. The first-order valence-corrected chi connectivity index (χ1v) is 8.81. The number of ether oxygens (including phenoxy) is 1. The first kappa shape index (κ1) is 18.3. The Kier molecular flexibility index (Phi) is 7.22. The second kappa shape index (κ2) is 8.66. The van der Waals surface area contributed by atoms with Crippen molar-refractivity contribution in [3.05, 3.63) is 23.8 Å². The Morgan fingerprint density at radius 2 is 2.05 bits per heavy atom. The second-order valence-electron chi connectivity index (χ2n) is 4.63. The fraction of sp³-hybridized carbons (Fsp3) is 0.500. The molecule has 0 aliphatic heterocycles. The van der Waals surface area contributed by atoms with Crippen LogP contribution in [0.25, 0.3) is 0 Å². The molecule has 1 rings (SSSR count). The molecule has 122 valence electrons. The molecule has 0 aliphatic rings. The van der Waals surface area contributed by atoms with Gasteiger partial charge in [0.1, 0.15) is 5.75 Å². The number of anilines is 1. The molecule has 0 unspecified atom stereocenters. The number of methoxy groups -OCH3 is 1. The zero-order valence-electron chi connectivity index (χ0n) is 13.3. The van der Waals surface area contributed by atoms with Gasteiger partial charge in [0.05, 0.1) is 25.2 Å². The summed E-state index contributed by atoms with van der Waals surface area (Å²) in [6.45, 7) is 5.12. The van der Waals surface area contributed by atoms with Gasteiger partial charge in [0.15, 0.2) is 0 Å². The van der Waals surface area contributed by atoms with Crippen molar-refractivity contribution < 1.29 is 17.3 Å². The van der Waals surface area contributed by atoms with Crippen LogP contribution in [0, 0.1) is 12.3 Å². The first-order valence-electron chi connectivity index (χ1n) is 7.24. The lowest BCUT2D eigenvalue weighted by atomic mass is 10.1. The van der Waals surface area contributed by atoms with Crippen LogP contribution in [-0.4, -0.2) is 41.0 Å². The molecular formula is C16H23NO4S. The van der Waals surface area contributed by atoms with Gasteiger partial charge in [-0.1, -0.05) is 5.92 Å². The third-order valence-corrected chi connectivity index (χ3v) is 4.57. The first-order chi connectivity index (χ1) is 10.5. The maximum absolute atomic E-state index is 11.6. The van der Waals surface area contributed by atoms with Crippen molar-refractivity contribution in [2.24, 2.45) is 0 Å². The number of hydrogen-bond donors (Lipinski definition) is 0. The van der Waals surface area contributed by atoms with Crippen LogP contribution in [0.4, 0.5) is 5.69 Å². The van der Waals surface area contributed by atoms with Gasteiger partial charge in [-0.15, -0.1) is 6.42 Å². The van der Waals surface area contributed by atoms with Crippen molar-refractivity contribution in [1.82, 2.24) is 0 Å². The van der Waals surface area contributed by atoms with Gasteiger partial charge in [0.2, 0.25) is 0 Å². The van der Waals surface area contributed by atoms with Gasteiger partial charge in [-0.2, -0.15) is 8.42 Å². The number of terminal acetylenes is 1. The molecule has 1 aromatic rings. The molecule has 0 saturated carbocycles. The Bertz CT molecular complexity index is 620. The second-order valence-corrected chi connectivity index (χ2v) is 6.39. The Morgan fingerprint density at radius 3 is 2.59 bits per heavy atom. The third kappa shape index (κ3) is 5.24. The molecule has 0 amide bonds. The number of benzene rings is 1. The summed E-state index contributed by atoms with van der Waals surface area (Å²) in [6, 6.07) is 5.51. The average Bonchev–Trinajstić information content (AvgIpc) is 2.51. The van der Waals surface area contributed by atoms with Crippen molar-refractivity contribution in [1.29, 1.82) is 0 Å². The summed E-state index contributed by atoms with van der Waals surface area (Å²) in [7, 11) is -1.84. The van der Waals surface area contributed by atoms with E-state index in [4.69, 9.17) is 15.3 Å². The summed E-state index contributed by atoms with van der Waals surface area (Å²) in [5, 5.41) is 0. The number of hydrogen-bond acceptors (Lipinski definition) is 5. The molecular weight excluding hydrogens is 302 g/mol. The Morgan fingerprint density at radius 1 is 1.32 bits per heavy atom. The van der Waals surface area contributed by atoms with Crippen LogP contribution < -0.4 is 9.64 Å². The molecule has 0 aliphatic carbocycles. The van der Waals surface area contributed by atoms with E-state index in [2.05, 4.69) is 5.92 Å². The predicted octanol–water partition coefficient (Wildman–Crippen LogP) is 2.26. The van der Waals surface area contributed by atoms with Gasteiger partial charge < -0.3 is 9.64 Å². The van der Waals surface area contributed by atoms with E-state index in [0.717, 1.165) is 17.8 Å². The van der Waals surface area contributed by atoms with Gasteiger partial charge in [0, 0.05) is 18.7 Å². The van der Waals surface area contributed by atoms with Gasteiger partial charge >= 0.3 is 0 Å². The molecule has 5 nitrogen and oxygen atoms in total. The van der Waals surface area contributed by atoms with Gasteiger partial charge in [0.25, 0.3) is 10.1 Å². The van der Waals surface area contributed by atoms with E-state index < -0.39 is 10.1 Å². The topological polar surface area (TPSA) is 55.8 Å². The fourth-order valence-electron chi connectivity index (χ4n) is 2.15. The Balaban J connectivity index is 2.82. The van der Waals surface area contributed by atoms with E-state index in [1.165, 1.54) is 0 Å². The molecule has 0 aromatic heterocycles. The normalized spacial score (nSPS) is 11.0. The van der Waals surface area contributed by atoms with Crippen molar-refractivity contribution >= 4 is 15.8 Å². The van der Waals surface area contributed by atoms with Crippen LogP contribution >= 0.6 is 0 Å². The van der Waals surface area contributed by atoms with Crippen LogP contribution in [-0.2, 0) is 14.3 Å². The zero-order valence-corrected chi connectivity index (χ0v) is 14.1. The van der Waals surface area contributed by atoms with Crippen LogP contribution in [0.15, 0.2) is 18.2 Å². The predicted molar refractivity (Wildman–Crippen MR) is 88.8 cm³/mol. The summed E-state index contributed by atoms with van der Waals surface area (Å²) in [6.07, 6.45) is 5.91. The van der Waals surface area contributed by atoms with Gasteiger partial charge in [-0.25, -0.2) is 0 Å². The molecule has 0 radical (unpaired) electrons. The molecule has 0 N–H and O–H groups in total. The number of nitrogens with zero attached hydrogens (tertiary/aromatic N) is 1. The van der Waals surface area contributed by atoms with E-state index in [9.17, 15) is 8.42 Å². The Hall–Kier alpha value is -1.71. The maximum Gasteiger partial charge on any atom is 0.267 e. The van der Waals surface area contributed by atoms with Crippen LogP contribution in [0.3, 0.4) is 0 Å². The van der Waals surface area contributed by atoms with Crippen molar-refractivity contribution in [3.8, 4) is 18.1 Å². The van der Waals surface area contributed by atoms with Crippen molar-refractivity contribution in [2.75, 3.05) is 37.5 Å². The molecule has 22 heavy (non-hydrogen) atoms. The molecule has 0 spiro atoms. The quantitative estimate of drug-likeness (QED) is 0.515. The lowest BCUT2D eigenvalue weighted by molar-refractivity contribution is 0.337. The molecule has 6 heteroatoms. The zero-order chi connectivity index (χ0) is 16.6. The largest absolute Gasteiger partial charge is 0.495 e. The van der Waals surface area contributed by atoms with Crippen molar-refractivity contribution in [3.63, 3.8) is 0 Å². The van der Waals surface area contributed by atoms with E-state index >= 15 is 0 Å². The average molecular weight is 325 g/mol. The van der Waals surface area contributed by atoms with Crippen LogP contribution in [0.1, 0.15) is 25.8 Å². The highest BCUT2D eigenvalue weighted by molar-refractivity contribution is 7.86. The molecule has 0 bridgehead atoms. The summed E-state index contributed by atoms with van der Waals surface area (Å²) in [5.74, 6) is 3.31. The third-order valence-electron chi connectivity index (χ3n) is 3.19. The summed E-state index contributed by atoms with van der Waals surface area (Å²) < 4.78 is 33.2. The molecule has 0 saturated heterocycles. The van der Waals surface area contributed by atoms with E-state index in [1.54, 1.807) is 14.0 Å². The van der Waals surface area contributed by atoms with Crippen molar-refractivity contribution in [2.45, 2.75) is 20.3 Å². The standard InChI is InChI=1S/C16H23NO4S/c1-5-14-9-10-16(20-4)15(13-14)17(6-2)11-8-12-22(18,19)21-7-3/h1,9-10,13H,6-8,11-12H2,2-4H3. The minimum Gasteiger partial charge on any atom is -0.495 e. The monoisotopic (exact) mass is 325 g/mol. The maximum atomic E-state index is 11.6. The summed E-state index contributed by atoms with van der Waals surface area (Å²) in [5.41, 5.74) is 1.63. The minimum absolute atomic E-state index is 0.00547. The Labute approximate surface area is 133 Å². The lowest BCUT2D eigenvalue weighted by Gasteiger charge is -2.25. The van der Waals surface area contributed by atoms with E-state index in [-0.39, 0.29) is 12.4 Å². The van der Waals surface area contributed by atoms with E-state index in [1.807, 2.05) is 30.0 Å². The highest BCUT2D eigenvalue weighted by atomic mass is 32.2. The highest BCUT2D eigenvalue weighted by Crippen LogP contribution is 2.29. The van der Waals surface area contributed by atoms with E-state index in [0.29, 0.717) is 18.7 Å². The minimum atomic E-state index is -3.44. The van der Waals surface area contributed by atoms with Gasteiger partial charge in [-0.3, -0.25) is 4.18 Å². The molecule has 1 aromatic carbocycles. The number of rotatable bonds is 9. The van der Waals surface area contributed by atoms with Gasteiger partial charge in [-0.05, 0) is 38.5 Å². The van der Waals surface area contributed by atoms with Crippen LogP contribution in [0.5, 0.6) is 5.75 Å². The lowest BCUT2D eigenvalue weighted by Crippen LogP contribution is -2.26. The smallest absolute Gasteiger partial charge is 0.267 e. The van der Waals surface area contributed by atoms with Crippen LogP contribution in [0.2, 0.25) is 0 Å². The summed E-state index contributed by atoms with van der Waals surface area (Å²) in [4.78, 5) is 2.04. The molecule has 0 atom stereocenters.